The molecule has 0 fully saturated rings. The summed E-state index contributed by atoms with van der Waals surface area (Å²) in [7, 11) is 0. The van der Waals surface area contributed by atoms with Crippen molar-refractivity contribution in [3.05, 3.63) is 65.6 Å². The molecule has 3 nitrogen and oxygen atoms in total. The molecule has 0 amide bonds. The average Bonchev–Trinajstić information content (AvgIpc) is 2.87. The van der Waals surface area contributed by atoms with Gasteiger partial charge in [0.2, 0.25) is 0 Å². The van der Waals surface area contributed by atoms with Gasteiger partial charge in [0.1, 0.15) is 0 Å². The molecular weight excluding hydrogens is 234 g/mol. The first-order chi connectivity index (χ1) is 9.43. The summed E-state index contributed by atoms with van der Waals surface area (Å²) in [5.74, 6) is 0. The zero-order valence-corrected chi connectivity index (χ0v) is 10.6. The van der Waals surface area contributed by atoms with E-state index in [1.54, 1.807) is 0 Å². The molecule has 94 valence electrons. The monoisotopic (exact) mass is 249 g/mol. The first-order valence-corrected chi connectivity index (χ1v) is 6.66. The lowest BCUT2D eigenvalue weighted by molar-refractivity contribution is 0.560. The molecule has 19 heavy (non-hydrogen) atoms. The topological polar surface area (TPSA) is 40.7 Å². The largest absolute Gasteiger partial charge is 0.357 e. The SMILES string of the molecule is c1ccc2c3c([nH]c2c1)[C@H](c1ccncc1)NCC3. The predicted octanol–water partition coefficient (Wildman–Crippen LogP) is 2.80. The molecule has 2 N–H and O–H groups in total. The predicted molar refractivity (Wildman–Crippen MR) is 76.1 cm³/mol. The maximum atomic E-state index is 4.10. The molecule has 0 spiro atoms. The van der Waals surface area contributed by atoms with Crippen LogP contribution in [0.1, 0.15) is 22.9 Å². The van der Waals surface area contributed by atoms with Crippen molar-refractivity contribution >= 4 is 10.9 Å². The number of aromatic amines is 1. The maximum Gasteiger partial charge on any atom is 0.0733 e. The van der Waals surface area contributed by atoms with Crippen molar-refractivity contribution < 1.29 is 0 Å². The molecule has 0 saturated carbocycles. The summed E-state index contributed by atoms with van der Waals surface area (Å²) in [5.41, 5.74) is 5.26. The fraction of sp³-hybridized carbons (Fsp3) is 0.188. The first-order valence-electron chi connectivity index (χ1n) is 6.66. The van der Waals surface area contributed by atoms with E-state index < -0.39 is 0 Å². The van der Waals surface area contributed by atoms with Crippen LogP contribution in [0, 0.1) is 0 Å². The van der Waals surface area contributed by atoms with Gasteiger partial charge in [-0.3, -0.25) is 4.98 Å². The Kier molecular flexibility index (Phi) is 2.38. The fourth-order valence-corrected chi connectivity index (χ4v) is 3.02. The first kappa shape index (κ1) is 10.8. The standard InChI is InChI=1S/C16H15N3/c1-2-4-14-12(3-1)13-7-10-18-15(16(13)19-14)11-5-8-17-9-6-11/h1-6,8-9,15,18-19H,7,10H2/t15-/m0/s1. The van der Waals surface area contributed by atoms with Crippen LogP contribution in [0.25, 0.3) is 10.9 Å². The van der Waals surface area contributed by atoms with Crippen LogP contribution >= 0.6 is 0 Å². The number of nitrogens with one attached hydrogen (secondary N) is 2. The van der Waals surface area contributed by atoms with E-state index in [-0.39, 0.29) is 6.04 Å². The van der Waals surface area contributed by atoms with Crippen molar-refractivity contribution in [1.82, 2.24) is 15.3 Å². The molecule has 4 rings (SSSR count). The smallest absolute Gasteiger partial charge is 0.0733 e. The van der Waals surface area contributed by atoms with Crippen LogP contribution in [0.3, 0.4) is 0 Å². The molecule has 3 aromatic rings. The molecule has 1 aliphatic rings. The number of benzene rings is 1. The summed E-state index contributed by atoms with van der Waals surface area (Å²) in [6.07, 6.45) is 4.79. The summed E-state index contributed by atoms with van der Waals surface area (Å²) in [5, 5.41) is 4.95. The number of nitrogens with zero attached hydrogens (tertiary/aromatic N) is 1. The highest BCUT2D eigenvalue weighted by Gasteiger charge is 2.24. The number of rotatable bonds is 1. The van der Waals surface area contributed by atoms with Crippen LogP contribution in [-0.2, 0) is 6.42 Å². The number of hydrogen-bond donors (Lipinski definition) is 2. The van der Waals surface area contributed by atoms with Crippen molar-refractivity contribution in [2.75, 3.05) is 6.54 Å². The van der Waals surface area contributed by atoms with Crippen molar-refractivity contribution in [1.29, 1.82) is 0 Å². The molecule has 0 saturated heterocycles. The third kappa shape index (κ3) is 1.66. The Hall–Kier alpha value is -2.13. The molecule has 2 aromatic heterocycles. The minimum atomic E-state index is 0.249. The van der Waals surface area contributed by atoms with E-state index in [2.05, 4.69) is 51.7 Å². The molecule has 0 unspecified atom stereocenters. The quantitative estimate of drug-likeness (QED) is 0.696. The van der Waals surface area contributed by atoms with Gasteiger partial charge in [-0.15, -0.1) is 0 Å². The van der Waals surface area contributed by atoms with E-state index in [4.69, 9.17) is 0 Å². The number of fused-ring (bicyclic) bond motifs is 3. The molecule has 3 heterocycles. The van der Waals surface area contributed by atoms with Crippen molar-refractivity contribution in [3.63, 3.8) is 0 Å². The summed E-state index contributed by atoms with van der Waals surface area (Å²) < 4.78 is 0. The Morgan fingerprint density at radius 1 is 1.05 bits per heavy atom. The molecule has 3 heteroatoms. The van der Waals surface area contributed by atoms with Gasteiger partial charge >= 0.3 is 0 Å². The van der Waals surface area contributed by atoms with Gasteiger partial charge in [-0.25, -0.2) is 0 Å². The van der Waals surface area contributed by atoms with E-state index in [0.29, 0.717) is 0 Å². The molecular formula is C16H15N3. The summed E-state index contributed by atoms with van der Waals surface area (Å²) in [6, 6.07) is 13.0. The number of H-pyrrole nitrogens is 1. The Balaban J connectivity index is 1.91. The Labute approximate surface area is 111 Å². The van der Waals surface area contributed by atoms with Gasteiger partial charge in [-0.1, -0.05) is 18.2 Å². The zero-order valence-electron chi connectivity index (χ0n) is 10.6. The van der Waals surface area contributed by atoms with Gasteiger partial charge < -0.3 is 10.3 Å². The Bertz CT molecular complexity index is 715. The van der Waals surface area contributed by atoms with Crippen molar-refractivity contribution in [2.45, 2.75) is 12.5 Å². The normalized spacial score (nSPS) is 18.4. The van der Waals surface area contributed by atoms with E-state index >= 15 is 0 Å². The number of para-hydroxylation sites is 1. The van der Waals surface area contributed by atoms with Crippen LogP contribution < -0.4 is 5.32 Å². The lowest BCUT2D eigenvalue weighted by Crippen LogP contribution is -2.30. The highest BCUT2D eigenvalue weighted by atomic mass is 15.0. The van der Waals surface area contributed by atoms with Gasteiger partial charge in [0.25, 0.3) is 0 Å². The van der Waals surface area contributed by atoms with Gasteiger partial charge in [0.05, 0.1) is 6.04 Å². The van der Waals surface area contributed by atoms with Crippen LogP contribution in [-0.4, -0.2) is 16.5 Å². The van der Waals surface area contributed by atoms with Crippen LogP contribution in [0.5, 0.6) is 0 Å². The highest BCUT2D eigenvalue weighted by molar-refractivity contribution is 5.85. The molecule has 1 atom stereocenters. The van der Waals surface area contributed by atoms with Gasteiger partial charge in [-0.2, -0.15) is 0 Å². The van der Waals surface area contributed by atoms with E-state index in [9.17, 15) is 0 Å². The summed E-state index contributed by atoms with van der Waals surface area (Å²) in [6.45, 7) is 1.02. The summed E-state index contributed by atoms with van der Waals surface area (Å²) in [4.78, 5) is 7.68. The second-order valence-electron chi connectivity index (χ2n) is 4.98. The molecule has 0 radical (unpaired) electrons. The molecule has 0 bridgehead atoms. The third-order valence-electron chi connectivity index (χ3n) is 3.90. The highest BCUT2D eigenvalue weighted by Crippen LogP contribution is 2.32. The molecule has 0 aliphatic carbocycles. The molecule has 1 aromatic carbocycles. The van der Waals surface area contributed by atoms with Crippen molar-refractivity contribution in [2.24, 2.45) is 0 Å². The van der Waals surface area contributed by atoms with Gasteiger partial charge in [0, 0.05) is 35.5 Å². The van der Waals surface area contributed by atoms with Crippen LogP contribution in [0.2, 0.25) is 0 Å². The van der Waals surface area contributed by atoms with E-state index in [0.717, 1.165) is 13.0 Å². The maximum absolute atomic E-state index is 4.10. The van der Waals surface area contributed by atoms with E-state index in [1.165, 1.54) is 27.7 Å². The summed E-state index contributed by atoms with van der Waals surface area (Å²) >= 11 is 0. The van der Waals surface area contributed by atoms with Crippen molar-refractivity contribution in [3.8, 4) is 0 Å². The Morgan fingerprint density at radius 2 is 1.89 bits per heavy atom. The lowest BCUT2D eigenvalue weighted by Gasteiger charge is -2.24. The minimum absolute atomic E-state index is 0.249. The number of hydrogen-bond acceptors (Lipinski definition) is 2. The van der Waals surface area contributed by atoms with Crippen LogP contribution in [0.4, 0.5) is 0 Å². The van der Waals surface area contributed by atoms with Gasteiger partial charge in [-0.05, 0) is 35.7 Å². The fourth-order valence-electron chi connectivity index (χ4n) is 3.02. The van der Waals surface area contributed by atoms with Gasteiger partial charge in [0.15, 0.2) is 0 Å². The average molecular weight is 249 g/mol. The lowest BCUT2D eigenvalue weighted by atomic mass is 9.95. The zero-order chi connectivity index (χ0) is 12.7. The number of aromatic nitrogens is 2. The third-order valence-corrected chi connectivity index (χ3v) is 3.90. The second-order valence-corrected chi connectivity index (χ2v) is 4.98. The Morgan fingerprint density at radius 3 is 2.79 bits per heavy atom. The molecule has 1 aliphatic heterocycles. The van der Waals surface area contributed by atoms with E-state index in [1.807, 2.05) is 12.4 Å². The number of pyridine rings is 1. The van der Waals surface area contributed by atoms with Crippen LogP contribution in [0.15, 0.2) is 48.8 Å². The second kappa shape index (κ2) is 4.21. The minimum Gasteiger partial charge on any atom is -0.357 e.